The van der Waals surface area contributed by atoms with Gasteiger partial charge in [-0.25, -0.2) is 0 Å². The zero-order valence-corrected chi connectivity index (χ0v) is 25.2. The van der Waals surface area contributed by atoms with Crippen molar-refractivity contribution in [1.82, 2.24) is 9.13 Å². The van der Waals surface area contributed by atoms with E-state index >= 15 is 0 Å². The molecule has 214 valence electrons. The van der Waals surface area contributed by atoms with Gasteiger partial charge in [0.15, 0.2) is 0 Å². The number of fused-ring (bicyclic) bond motifs is 7. The maximum Gasteiger partial charge on any atom is 0.0548 e. The van der Waals surface area contributed by atoms with Gasteiger partial charge in [-0.1, -0.05) is 122 Å². The van der Waals surface area contributed by atoms with Gasteiger partial charge in [-0.15, -0.1) is 0 Å². The molecule has 2 heteroatoms. The largest absolute Gasteiger partial charge is 0.309 e. The fraction of sp³-hybridized carbons (Fsp3) is 0.0233. The first-order chi connectivity index (χ1) is 22.3. The molecule has 8 aromatic rings. The normalized spacial score (nSPS) is 12.2. The van der Waals surface area contributed by atoms with Crippen LogP contribution in [0.25, 0.3) is 71.7 Å². The highest BCUT2D eigenvalue weighted by molar-refractivity contribution is 6.28. The number of allylic oxidation sites excluding steroid dienone is 5. The molecule has 0 aliphatic rings. The minimum atomic E-state index is 1.15. The van der Waals surface area contributed by atoms with E-state index < -0.39 is 0 Å². The van der Waals surface area contributed by atoms with Crippen molar-refractivity contribution >= 4 is 49.2 Å². The molecule has 2 aromatic heterocycles. The predicted molar refractivity (Wildman–Crippen MR) is 194 cm³/mol. The van der Waals surface area contributed by atoms with Crippen LogP contribution in [-0.4, -0.2) is 9.13 Å². The molecule has 0 spiro atoms. The first kappa shape index (κ1) is 26.7. The predicted octanol–water partition coefficient (Wildman–Crippen LogP) is 11.7. The fourth-order valence-electron chi connectivity index (χ4n) is 6.86. The van der Waals surface area contributed by atoms with Crippen LogP contribution in [0.4, 0.5) is 0 Å². The van der Waals surface area contributed by atoms with Crippen molar-refractivity contribution in [1.29, 1.82) is 0 Å². The molecule has 0 saturated heterocycles. The van der Waals surface area contributed by atoms with Crippen molar-refractivity contribution in [2.24, 2.45) is 0 Å². The smallest absolute Gasteiger partial charge is 0.0548 e. The Bertz CT molecular complexity index is 2430. The Labute approximate surface area is 263 Å². The van der Waals surface area contributed by atoms with Crippen LogP contribution < -0.4 is 0 Å². The van der Waals surface area contributed by atoms with Gasteiger partial charge >= 0.3 is 0 Å². The second-order valence-electron chi connectivity index (χ2n) is 11.4. The summed E-state index contributed by atoms with van der Waals surface area (Å²) in [4.78, 5) is 0. The maximum atomic E-state index is 3.82. The van der Waals surface area contributed by atoms with E-state index in [0.717, 1.165) is 11.4 Å². The molecule has 2 nitrogen and oxygen atoms in total. The van der Waals surface area contributed by atoms with Crippen LogP contribution in [0.3, 0.4) is 0 Å². The van der Waals surface area contributed by atoms with Gasteiger partial charge in [-0.05, 0) is 77.7 Å². The average Bonchev–Trinajstić information content (AvgIpc) is 3.62. The third-order valence-electron chi connectivity index (χ3n) is 8.86. The Morgan fingerprint density at radius 3 is 1.73 bits per heavy atom. The first-order valence-corrected chi connectivity index (χ1v) is 15.4. The lowest BCUT2D eigenvalue weighted by atomic mass is 10.0. The lowest BCUT2D eigenvalue weighted by molar-refractivity contribution is 1.17. The van der Waals surface area contributed by atoms with Crippen molar-refractivity contribution in [3.63, 3.8) is 0 Å². The van der Waals surface area contributed by atoms with Crippen LogP contribution in [0.1, 0.15) is 12.5 Å². The molecule has 0 aliphatic heterocycles. The maximum absolute atomic E-state index is 3.82. The van der Waals surface area contributed by atoms with Gasteiger partial charge in [0.05, 0.1) is 22.1 Å². The highest BCUT2D eigenvalue weighted by Gasteiger charge is 2.20. The number of hydrogen-bond acceptors (Lipinski definition) is 0. The van der Waals surface area contributed by atoms with Gasteiger partial charge in [0, 0.05) is 32.9 Å². The fourth-order valence-corrected chi connectivity index (χ4v) is 6.86. The highest BCUT2D eigenvalue weighted by atomic mass is 15.0. The van der Waals surface area contributed by atoms with Crippen molar-refractivity contribution < 1.29 is 0 Å². The summed E-state index contributed by atoms with van der Waals surface area (Å²) in [6.45, 7) is 5.90. The second-order valence-corrected chi connectivity index (χ2v) is 11.4. The topological polar surface area (TPSA) is 9.86 Å². The molecule has 45 heavy (non-hydrogen) atoms. The van der Waals surface area contributed by atoms with E-state index in [4.69, 9.17) is 0 Å². The molecule has 8 rings (SSSR count). The van der Waals surface area contributed by atoms with E-state index in [2.05, 4.69) is 174 Å². The van der Waals surface area contributed by atoms with E-state index in [9.17, 15) is 0 Å². The number of nitrogens with zero attached hydrogens (tertiary/aromatic N) is 2. The summed E-state index contributed by atoms with van der Waals surface area (Å²) in [6, 6.07) is 50.6. The lowest BCUT2D eigenvalue weighted by Gasteiger charge is -2.11. The van der Waals surface area contributed by atoms with Crippen LogP contribution in [0.2, 0.25) is 0 Å². The van der Waals surface area contributed by atoms with Crippen LogP contribution in [0, 0.1) is 0 Å². The van der Waals surface area contributed by atoms with E-state index in [1.165, 1.54) is 65.9 Å². The summed E-state index contributed by atoms with van der Waals surface area (Å²) >= 11 is 0. The zero-order valence-electron chi connectivity index (χ0n) is 25.2. The third-order valence-corrected chi connectivity index (χ3v) is 8.86. The standard InChI is InChI=1S/C43H32N2/c1-3-5-14-30(4-2)32-23-25-34(26-24-32)44-38-21-11-9-19-36(38)42-40(44)27-28-41-43(42)37-20-10-12-22-39(37)45(41)35-18-13-17-33(29-35)31-15-7-6-8-16-31/h3-29H,1H2,2H3/b14-5-,30-4+. The van der Waals surface area contributed by atoms with Crippen LogP contribution in [-0.2, 0) is 0 Å². The van der Waals surface area contributed by atoms with Crippen molar-refractivity contribution in [3.05, 3.63) is 176 Å². The summed E-state index contributed by atoms with van der Waals surface area (Å²) in [5.41, 5.74) is 11.9. The monoisotopic (exact) mass is 576 g/mol. The van der Waals surface area contributed by atoms with Gasteiger partial charge in [0.25, 0.3) is 0 Å². The molecule has 0 aliphatic carbocycles. The van der Waals surface area contributed by atoms with E-state index in [1.807, 2.05) is 12.2 Å². The average molecular weight is 577 g/mol. The summed E-state index contributed by atoms with van der Waals surface area (Å²) in [5, 5.41) is 5.08. The van der Waals surface area contributed by atoms with Gasteiger partial charge < -0.3 is 9.13 Å². The van der Waals surface area contributed by atoms with Crippen molar-refractivity contribution in [2.75, 3.05) is 0 Å². The summed E-state index contributed by atoms with van der Waals surface area (Å²) < 4.78 is 4.83. The molecule has 0 bridgehead atoms. The highest BCUT2D eigenvalue weighted by Crippen LogP contribution is 2.42. The molecule has 0 atom stereocenters. The quantitative estimate of drug-likeness (QED) is 0.174. The number of hydrogen-bond donors (Lipinski definition) is 0. The van der Waals surface area contributed by atoms with Gasteiger partial charge in [-0.3, -0.25) is 0 Å². The Balaban J connectivity index is 1.39. The lowest BCUT2D eigenvalue weighted by Crippen LogP contribution is -1.95. The molecular weight excluding hydrogens is 544 g/mol. The Morgan fingerprint density at radius 1 is 0.533 bits per heavy atom. The Kier molecular flexibility index (Phi) is 6.54. The van der Waals surface area contributed by atoms with Crippen LogP contribution in [0.15, 0.2) is 170 Å². The minimum Gasteiger partial charge on any atom is -0.309 e. The van der Waals surface area contributed by atoms with Crippen molar-refractivity contribution in [3.8, 4) is 22.5 Å². The number of aromatic nitrogens is 2. The molecule has 0 radical (unpaired) electrons. The molecule has 6 aromatic carbocycles. The molecular formula is C43H32N2. The molecule has 0 unspecified atom stereocenters. The van der Waals surface area contributed by atoms with E-state index in [0.29, 0.717) is 0 Å². The van der Waals surface area contributed by atoms with Gasteiger partial charge in [0.2, 0.25) is 0 Å². The Morgan fingerprint density at radius 2 is 1.11 bits per heavy atom. The number of benzene rings is 6. The third kappa shape index (κ3) is 4.34. The second kappa shape index (κ2) is 11.0. The number of para-hydroxylation sites is 2. The van der Waals surface area contributed by atoms with E-state index in [1.54, 1.807) is 0 Å². The molecule has 0 N–H and O–H groups in total. The van der Waals surface area contributed by atoms with Crippen LogP contribution in [0.5, 0.6) is 0 Å². The molecule has 2 heterocycles. The van der Waals surface area contributed by atoms with E-state index in [-0.39, 0.29) is 0 Å². The van der Waals surface area contributed by atoms with Gasteiger partial charge in [0.1, 0.15) is 0 Å². The molecule has 0 fully saturated rings. The van der Waals surface area contributed by atoms with Crippen LogP contribution >= 0.6 is 0 Å². The molecule has 0 amide bonds. The first-order valence-electron chi connectivity index (χ1n) is 15.4. The minimum absolute atomic E-state index is 1.15. The summed E-state index contributed by atoms with van der Waals surface area (Å²) in [7, 11) is 0. The SMILES string of the molecule is C=C/C=C\C(=C/C)c1ccc(-n2c3ccccc3c3c4c5ccccc5n(-c5cccc(-c6ccccc6)c5)c4ccc32)cc1. The van der Waals surface area contributed by atoms with Crippen molar-refractivity contribution in [2.45, 2.75) is 6.92 Å². The number of rotatable bonds is 6. The molecule has 0 saturated carbocycles. The summed E-state index contributed by atoms with van der Waals surface area (Å²) in [6.07, 6.45) is 8.03. The van der Waals surface area contributed by atoms with Gasteiger partial charge in [-0.2, -0.15) is 0 Å². The summed E-state index contributed by atoms with van der Waals surface area (Å²) in [5.74, 6) is 0. The zero-order chi connectivity index (χ0) is 30.3. The Hall–Kier alpha value is -5.86.